The lowest BCUT2D eigenvalue weighted by molar-refractivity contribution is -0.128. The lowest BCUT2D eigenvalue weighted by Gasteiger charge is -2.19. The topological polar surface area (TPSA) is 44.1 Å². The highest BCUT2D eigenvalue weighted by atomic mass is 32.2. The fourth-order valence-electron chi connectivity index (χ4n) is 1.45. The third-order valence-electron chi connectivity index (χ3n) is 2.48. The molecule has 0 aliphatic heterocycles. The fraction of sp³-hybridized carbons (Fsp3) is 0.385. The number of hydrogen-bond donors (Lipinski definition) is 0. The van der Waals surface area contributed by atoms with E-state index in [-0.39, 0.29) is 18.1 Å². The van der Waals surface area contributed by atoms with Crippen molar-refractivity contribution in [1.29, 1.82) is 5.26 Å². The van der Waals surface area contributed by atoms with Crippen LogP contribution in [0.15, 0.2) is 23.1 Å². The molecule has 0 aromatic heterocycles. The summed E-state index contributed by atoms with van der Waals surface area (Å²) in [6, 6.07) is 5.52. The average Bonchev–Trinajstić information content (AvgIpc) is 2.41. The zero-order valence-corrected chi connectivity index (χ0v) is 11.3. The van der Waals surface area contributed by atoms with Crippen LogP contribution in [0.2, 0.25) is 0 Å². The Morgan fingerprint density at radius 3 is 2.74 bits per heavy atom. The van der Waals surface area contributed by atoms with Gasteiger partial charge < -0.3 is 4.90 Å². The van der Waals surface area contributed by atoms with E-state index in [0.29, 0.717) is 18.0 Å². The van der Waals surface area contributed by atoms with E-state index in [4.69, 9.17) is 5.26 Å². The number of carbonyl (C=O) groups excluding carboxylic acids is 1. The highest BCUT2D eigenvalue weighted by Crippen LogP contribution is 2.20. The lowest BCUT2D eigenvalue weighted by atomic mass is 10.3. The molecule has 1 aromatic rings. The van der Waals surface area contributed by atoms with Crippen molar-refractivity contribution in [2.45, 2.75) is 18.2 Å². The van der Waals surface area contributed by atoms with Crippen molar-refractivity contribution in [2.24, 2.45) is 0 Å². The van der Waals surface area contributed by atoms with Crippen LogP contribution in [-0.2, 0) is 4.79 Å². The fourth-order valence-corrected chi connectivity index (χ4v) is 2.27. The first-order chi connectivity index (χ1) is 9.08. The molecule has 102 valence electrons. The Morgan fingerprint density at radius 2 is 2.16 bits per heavy atom. The van der Waals surface area contributed by atoms with E-state index in [9.17, 15) is 13.6 Å². The molecule has 0 atom stereocenters. The summed E-state index contributed by atoms with van der Waals surface area (Å²) in [5.74, 6) is -1.80. The monoisotopic (exact) mass is 284 g/mol. The number of carbonyl (C=O) groups is 1. The number of nitriles is 1. The van der Waals surface area contributed by atoms with Crippen LogP contribution in [0.25, 0.3) is 0 Å². The minimum absolute atomic E-state index is 0.118. The lowest BCUT2D eigenvalue weighted by Crippen LogP contribution is -2.33. The van der Waals surface area contributed by atoms with Crippen molar-refractivity contribution >= 4 is 17.7 Å². The van der Waals surface area contributed by atoms with Crippen molar-refractivity contribution in [3.63, 3.8) is 0 Å². The van der Waals surface area contributed by atoms with Gasteiger partial charge in [0.25, 0.3) is 0 Å². The van der Waals surface area contributed by atoms with Crippen LogP contribution in [0.3, 0.4) is 0 Å². The van der Waals surface area contributed by atoms with E-state index in [1.165, 1.54) is 6.07 Å². The highest BCUT2D eigenvalue weighted by molar-refractivity contribution is 8.00. The largest absolute Gasteiger partial charge is 0.341 e. The molecule has 0 saturated carbocycles. The normalized spacial score (nSPS) is 10.0. The highest BCUT2D eigenvalue weighted by Gasteiger charge is 2.12. The van der Waals surface area contributed by atoms with Crippen molar-refractivity contribution in [1.82, 2.24) is 4.90 Å². The maximum atomic E-state index is 13.0. The van der Waals surface area contributed by atoms with Crippen molar-refractivity contribution in [2.75, 3.05) is 18.8 Å². The zero-order valence-electron chi connectivity index (χ0n) is 10.5. The summed E-state index contributed by atoms with van der Waals surface area (Å²) in [6.45, 7) is 2.75. The average molecular weight is 284 g/mol. The summed E-state index contributed by atoms with van der Waals surface area (Å²) >= 11 is 1.15. The molecule has 0 radical (unpaired) electrons. The Kier molecular flexibility index (Phi) is 6.30. The molecule has 1 amide bonds. The number of rotatable bonds is 6. The first-order valence-electron chi connectivity index (χ1n) is 5.81. The Balaban J connectivity index is 2.53. The first kappa shape index (κ1) is 15.4. The van der Waals surface area contributed by atoms with Gasteiger partial charge in [-0.25, -0.2) is 8.78 Å². The number of thioether (sulfide) groups is 1. The second-order valence-corrected chi connectivity index (χ2v) is 4.79. The Labute approximate surface area is 115 Å². The number of halogens is 2. The molecule has 0 N–H and O–H groups in total. The van der Waals surface area contributed by atoms with Gasteiger partial charge in [0.2, 0.25) is 5.91 Å². The quantitative estimate of drug-likeness (QED) is 0.754. The summed E-state index contributed by atoms with van der Waals surface area (Å²) < 4.78 is 25.7. The maximum absolute atomic E-state index is 13.0. The van der Waals surface area contributed by atoms with E-state index in [0.717, 1.165) is 23.9 Å². The molecule has 0 bridgehead atoms. The summed E-state index contributed by atoms with van der Waals surface area (Å²) in [4.78, 5) is 13.9. The zero-order chi connectivity index (χ0) is 14.3. The van der Waals surface area contributed by atoms with Crippen LogP contribution >= 0.6 is 11.8 Å². The third kappa shape index (κ3) is 4.87. The van der Waals surface area contributed by atoms with Gasteiger partial charge >= 0.3 is 0 Å². The molecule has 6 heteroatoms. The predicted molar refractivity (Wildman–Crippen MR) is 69.6 cm³/mol. The van der Waals surface area contributed by atoms with E-state index in [2.05, 4.69) is 0 Å². The van der Waals surface area contributed by atoms with Gasteiger partial charge in [-0.15, -0.1) is 11.8 Å². The van der Waals surface area contributed by atoms with Gasteiger partial charge in [0.15, 0.2) is 11.6 Å². The van der Waals surface area contributed by atoms with Crippen LogP contribution in [0.4, 0.5) is 8.78 Å². The second kappa shape index (κ2) is 7.74. The second-order valence-electron chi connectivity index (χ2n) is 3.75. The van der Waals surface area contributed by atoms with Crippen LogP contribution in [0, 0.1) is 23.0 Å². The van der Waals surface area contributed by atoms with Gasteiger partial charge in [0.1, 0.15) is 0 Å². The minimum atomic E-state index is -0.922. The smallest absolute Gasteiger partial charge is 0.232 e. The first-order valence-corrected chi connectivity index (χ1v) is 6.79. The molecule has 0 aliphatic rings. The van der Waals surface area contributed by atoms with Crippen LogP contribution in [-0.4, -0.2) is 29.6 Å². The molecule has 0 saturated heterocycles. The summed E-state index contributed by atoms with van der Waals surface area (Å²) in [7, 11) is 0. The van der Waals surface area contributed by atoms with Gasteiger partial charge in [-0.05, 0) is 25.1 Å². The van der Waals surface area contributed by atoms with E-state index in [1.54, 1.807) is 4.90 Å². The molecular formula is C13H14F2N2OS. The predicted octanol–water partition coefficient (Wildman–Crippen LogP) is 2.82. The number of nitrogens with zero attached hydrogens (tertiary/aromatic N) is 2. The van der Waals surface area contributed by atoms with Gasteiger partial charge in [-0.1, -0.05) is 0 Å². The Bertz CT molecular complexity index is 488. The van der Waals surface area contributed by atoms with Gasteiger partial charge in [0.05, 0.1) is 18.2 Å². The molecule has 19 heavy (non-hydrogen) atoms. The maximum Gasteiger partial charge on any atom is 0.232 e. The molecule has 3 nitrogen and oxygen atoms in total. The molecule has 1 rings (SSSR count). The number of benzene rings is 1. The number of amides is 1. The van der Waals surface area contributed by atoms with Gasteiger partial charge in [0, 0.05) is 18.0 Å². The molecule has 1 aromatic carbocycles. The molecule has 0 unspecified atom stereocenters. The van der Waals surface area contributed by atoms with Crippen molar-refractivity contribution in [3.05, 3.63) is 29.8 Å². The van der Waals surface area contributed by atoms with Crippen molar-refractivity contribution in [3.8, 4) is 6.07 Å². The summed E-state index contributed by atoms with van der Waals surface area (Å²) in [6.07, 6.45) is 0.287. The summed E-state index contributed by atoms with van der Waals surface area (Å²) in [5, 5.41) is 8.49. The summed E-state index contributed by atoms with van der Waals surface area (Å²) in [5.41, 5.74) is 0. The van der Waals surface area contributed by atoms with Gasteiger partial charge in [-0.3, -0.25) is 4.79 Å². The molecular weight excluding hydrogens is 270 g/mol. The minimum Gasteiger partial charge on any atom is -0.341 e. The molecule has 0 heterocycles. The number of hydrogen-bond acceptors (Lipinski definition) is 3. The Hall–Kier alpha value is -1.61. The van der Waals surface area contributed by atoms with Crippen LogP contribution < -0.4 is 0 Å². The third-order valence-corrected chi connectivity index (χ3v) is 3.46. The van der Waals surface area contributed by atoms with E-state index in [1.807, 2.05) is 13.0 Å². The SMILES string of the molecule is CCN(CCC#N)C(=O)CSc1ccc(F)c(F)c1. The van der Waals surface area contributed by atoms with Crippen LogP contribution in [0.5, 0.6) is 0 Å². The molecule has 0 fully saturated rings. The van der Waals surface area contributed by atoms with Gasteiger partial charge in [-0.2, -0.15) is 5.26 Å². The molecule has 0 spiro atoms. The van der Waals surface area contributed by atoms with E-state index >= 15 is 0 Å². The standard InChI is InChI=1S/C13H14F2N2OS/c1-2-17(7-3-6-16)13(18)9-19-10-4-5-11(14)12(15)8-10/h4-5,8H,2-3,7,9H2,1H3. The molecule has 0 aliphatic carbocycles. The van der Waals surface area contributed by atoms with E-state index < -0.39 is 11.6 Å². The Morgan fingerprint density at radius 1 is 1.42 bits per heavy atom. The van der Waals surface area contributed by atoms with Crippen LogP contribution in [0.1, 0.15) is 13.3 Å². The van der Waals surface area contributed by atoms with Crippen molar-refractivity contribution < 1.29 is 13.6 Å².